The van der Waals surface area contributed by atoms with Crippen LogP contribution in [0.2, 0.25) is 0 Å². The normalized spacial score (nSPS) is 13.2. The number of hydrogen-bond acceptors (Lipinski definition) is 2. The minimum Gasteiger partial charge on any atom is -0.374 e. The quantitative estimate of drug-likeness (QED) is 0.562. The summed E-state index contributed by atoms with van der Waals surface area (Å²) in [7, 11) is 0. The molecule has 0 bridgehead atoms. The van der Waals surface area contributed by atoms with E-state index in [0.29, 0.717) is 13.2 Å². The van der Waals surface area contributed by atoms with E-state index in [4.69, 9.17) is 51.0 Å². The molecule has 80 valence electrons. The molecule has 0 amide bonds. The molecule has 2 heteroatoms. The highest BCUT2D eigenvalue weighted by atomic mass is 16.5. The van der Waals surface area contributed by atoms with E-state index in [1.807, 2.05) is 0 Å². The SMILES string of the molecule is [CH]C([CH])([CH])OCCCCCOC([CH])([CH])[CH]. The minimum absolute atomic E-state index is 0.391. The standard InChI is InChI=1S/C13H16O2/c1-12(2,3)14-10-8-7-9-11-15-13(4,5)6/h1-6H,7-11H2. The molecular weight excluding hydrogens is 188 g/mol. The van der Waals surface area contributed by atoms with Crippen molar-refractivity contribution >= 4 is 0 Å². The van der Waals surface area contributed by atoms with Gasteiger partial charge < -0.3 is 9.47 Å². The van der Waals surface area contributed by atoms with Gasteiger partial charge in [-0.05, 0) is 19.3 Å². The summed E-state index contributed by atoms with van der Waals surface area (Å²) in [5.74, 6) is 0. The molecule has 0 N–H and O–H groups in total. The van der Waals surface area contributed by atoms with Crippen molar-refractivity contribution in [1.82, 2.24) is 0 Å². The van der Waals surface area contributed by atoms with Gasteiger partial charge in [0.05, 0.1) is 11.2 Å². The first-order valence-electron chi connectivity index (χ1n) is 4.72. The molecule has 0 rings (SSSR count). The van der Waals surface area contributed by atoms with Gasteiger partial charge in [0.25, 0.3) is 0 Å². The van der Waals surface area contributed by atoms with E-state index in [1.165, 1.54) is 0 Å². The fourth-order valence-electron chi connectivity index (χ4n) is 0.879. The molecule has 0 aliphatic rings. The maximum atomic E-state index is 5.19. The summed E-state index contributed by atoms with van der Waals surface area (Å²) < 4.78 is 9.79. The Labute approximate surface area is 95.3 Å². The van der Waals surface area contributed by atoms with Crippen LogP contribution in [-0.4, -0.2) is 24.4 Å². The van der Waals surface area contributed by atoms with Crippen LogP contribution >= 0.6 is 0 Å². The van der Waals surface area contributed by atoms with Gasteiger partial charge in [0.2, 0.25) is 0 Å². The molecule has 0 atom stereocenters. The van der Waals surface area contributed by atoms with Gasteiger partial charge in [0, 0.05) is 54.8 Å². The molecule has 0 aromatic rings. The lowest BCUT2D eigenvalue weighted by Gasteiger charge is -2.19. The van der Waals surface area contributed by atoms with Crippen LogP contribution < -0.4 is 0 Å². The van der Waals surface area contributed by atoms with Crippen molar-refractivity contribution in [3.05, 3.63) is 41.5 Å². The molecule has 0 saturated carbocycles. The van der Waals surface area contributed by atoms with Gasteiger partial charge in [-0.2, -0.15) is 0 Å². The summed E-state index contributed by atoms with van der Waals surface area (Å²) in [5.41, 5.74) is -3.12. The van der Waals surface area contributed by atoms with E-state index in [1.54, 1.807) is 0 Å². The molecule has 0 heterocycles. The summed E-state index contributed by atoms with van der Waals surface area (Å²) in [6.07, 6.45) is 2.39. The molecule has 12 radical (unpaired) electrons. The monoisotopic (exact) mass is 204 g/mol. The van der Waals surface area contributed by atoms with Crippen LogP contribution in [0.1, 0.15) is 19.3 Å². The molecule has 0 unspecified atom stereocenters. The second kappa shape index (κ2) is 6.49. The summed E-state index contributed by atoms with van der Waals surface area (Å²) in [5, 5.41) is 0. The highest BCUT2D eigenvalue weighted by Gasteiger charge is 2.12. The lowest BCUT2D eigenvalue weighted by Crippen LogP contribution is -2.22. The van der Waals surface area contributed by atoms with Gasteiger partial charge in [-0.25, -0.2) is 0 Å². The maximum absolute atomic E-state index is 5.19. The smallest absolute Gasteiger partial charge is 0.0789 e. The first-order chi connectivity index (χ1) is 6.71. The Bertz CT molecular complexity index is 133. The van der Waals surface area contributed by atoms with Crippen LogP contribution in [0, 0.1) is 41.5 Å². The molecule has 0 fully saturated rings. The number of unbranched alkanes of at least 4 members (excludes halogenated alkanes) is 2. The average molecular weight is 204 g/mol. The van der Waals surface area contributed by atoms with E-state index in [-0.39, 0.29) is 0 Å². The maximum Gasteiger partial charge on any atom is 0.0789 e. The highest BCUT2D eigenvalue weighted by Crippen LogP contribution is 2.09. The Morgan fingerprint density at radius 3 is 1.20 bits per heavy atom. The second-order valence-corrected chi connectivity index (χ2v) is 3.46. The fraction of sp³-hybridized carbons (Fsp3) is 0.538. The van der Waals surface area contributed by atoms with E-state index >= 15 is 0 Å². The summed E-state index contributed by atoms with van der Waals surface area (Å²) >= 11 is 0. The van der Waals surface area contributed by atoms with Crippen molar-refractivity contribution in [2.45, 2.75) is 30.5 Å². The molecule has 0 aliphatic carbocycles. The van der Waals surface area contributed by atoms with Crippen LogP contribution in [0.4, 0.5) is 0 Å². The van der Waals surface area contributed by atoms with Gasteiger partial charge in [0.1, 0.15) is 0 Å². The van der Waals surface area contributed by atoms with Gasteiger partial charge in [0.15, 0.2) is 0 Å². The second-order valence-electron chi connectivity index (χ2n) is 3.46. The lowest BCUT2D eigenvalue weighted by atomic mass is 10.2. The van der Waals surface area contributed by atoms with E-state index in [9.17, 15) is 0 Å². The van der Waals surface area contributed by atoms with Gasteiger partial charge in [-0.3, -0.25) is 0 Å². The Balaban J connectivity index is 3.20. The van der Waals surface area contributed by atoms with Crippen molar-refractivity contribution in [3.8, 4) is 0 Å². The Hall–Kier alpha value is -0.0800. The van der Waals surface area contributed by atoms with Crippen molar-refractivity contribution in [3.63, 3.8) is 0 Å². The molecule has 2 nitrogen and oxygen atoms in total. The van der Waals surface area contributed by atoms with Crippen LogP contribution in [0.15, 0.2) is 0 Å². The molecular formula is C13H16O2. The Kier molecular flexibility index (Phi) is 6.46. The predicted molar refractivity (Wildman–Crippen MR) is 57.0 cm³/mol. The number of ether oxygens (including phenoxy) is 2. The number of rotatable bonds is 8. The summed E-state index contributed by atoms with van der Waals surface area (Å²) in [6, 6.07) is 0. The molecule has 0 spiro atoms. The lowest BCUT2D eigenvalue weighted by molar-refractivity contribution is 0.0415. The molecule has 15 heavy (non-hydrogen) atoms. The fourth-order valence-corrected chi connectivity index (χ4v) is 0.879. The van der Waals surface area contributed by atoms with Gasteiger partial charge >= 0.3 is 0 Å². The number of hydrogen-bond donors (Lipinski definition) is 0. The van der Waals surface area contributed by atoms with Gasteiger partial charge in [-0.15, -0.1) is 0 Å². The van der Waals surface area contributed by atoms with E-state index in [2.05, 4.69) is 0 Å². The van der Waals surface area contributed by atoms with Crippen molar-refractivity contribution in [2.75, 3.05) is 13.2 Å². The van der Waals surface area contributed by atoms with Crippen molar-refractivity contribution in [1.29, 1.82) is 0 Å². The molecule has 0 saturated heterocycles. The zero-order chi connectivity index (χ0) is 11.9. The van der Waals surface area contributed by atoms with Crippen molar-refractivity contribution in [2.24, 2.45) is 0 Å². The molecule has 0 aliphatic heterocycles. The third-order valence-corrected chi connectivity index (χ3v) is 1.49. The third kappa shape index (κ3) is 13.9. The zero-order valence-corrected chi connectivity index (χ0v) is 8.82. The Morgan fingerprint density at radius 2 is 0.933 bits per heavy atom. The Morgan fingerprint density at radius 1 is 0.600 bits per heavy atom. The molecule has 0 aromatic carbocycles. The van der Waals surface area contributed by atoms with Crippen LogP contribution in [0.3, 0.4) is 0 Å². The summed E-state index contributed by atoms with van der Waals surface area (Å²) in [4.78, 5) is 0. The minimum atomic E-state index is -1.56. The van der Waals surface area contributed by atoms with E-state index < -0.39 is 11.2 Å². The van der Waals surface area contributed by atoms with E-state index in [0.717, 1.165) is 19.3 Å². The van der Waals surface area contributed by atoms with Crippen LogP contribution in [-0.2, 0) is 9.47 Å². The highest BCUT2D eigenvalue weighted by molar-refractivity contribution is 4.89. The van der Waals surface area contributed by atoms with Crippen LogP contribution in [0.25, 0.3) is 0 Å². The van der Waals surface area contributed by atoms with Gasteiger partial charge in [-0.1, -0.05) is 0 Å². The summed E-state index contributed by atoms with van der Waals surface area (Å²) in [6.45, 7) is 31.9. The van der Waals surface area contributed by atoms with Crippen LogP contribution in [0.5, 0.6) is 0 Å². The third-order valence-electron chi connectivity index (χ3n) is 1.49. The topological polar surface area (TPSA) is 18.5 Å². The average Bonchev–Trinajstić information content (AvgIpc) is 1.98. The predicted octanol–water partition coefficient (Wildman–Crippen LogP) is 1.93. The molecule has 0 aromatic heterocycles. The first-order valence-corrected chi connectivity index (χ1v) is 4.72. The zero-order valence-electron chi connectivity index (χ0n) is 8.82. The van der Waals surface area contributed by atoms with Crippen molar-refractivity contribution < 1.29 is 9.47 Å². The first kappa shape index (κ1) is 14.9. The largest absolute Gasteiger partial charge is 0.374 e.